The molecule has 1 aromatic heterocycles. The fourth-order valence-electron chi connectivity index (χ4n) is 2.12. The van der Waals surface area contributed by atoms with E-state index in [1.165, 1.54) is 12.8 Å². The molecular weight excluding hydrogens is 320 g/mol. The van der Waals surface area contributed by atoms with Crippen LogP contribution in [0.4, 0.5) is 0 Å². The summed E-state index contributed by atoms with van der Waals surface area (Å²) in [7, 11) is 3.43. The summed E-state index contributed by atoms with van der Waals surface area (Å²) < 4.78 is 16.0. The van der Waals surface area contributed by atoms with Crippen molar-refractivity contribution in [2.45, 2.75) is 25.8 Å². The summed E-state index contributed by atoms with van der Waals surface area (Å²) in [5.41, 5.74) is 1.09. The van der Waals surface area contributed by atoms with Crippen LogP contribution in [0.2, 0.25) is 0 Å². The molecule has 0 radical (unpaired) electrons. The molecule has 0 atom stereocenters. The topological polar surface area (TPSA) is 77.0 Å². The van der Waals surface area contributed by atoms with Crippen molar-refractivity contribution in [2.24, 2.45) is 10.9 Å². The number of pyridine rings is 1. The van der Waals surface area contributed by atoms with Crippen molar-refractivity contribution in [2.75, 3.05) is 47.1 Å². The second-order valence-electron chi connectivity index (χ2n) is 6.07. The van der Waals surface area contributed by atoms with Crippen LogP contribution in [0.15, 0.2) is 23.3 Å². The zero-order valence-electron chi connectivity index (χ0n) is 15.3. The molecule has 0 bridgehead atoms. The second kappa shape index (κ2) is 11.7. The molecular formula is C18H30N4O3. The van der Waals surface area contributed by atoms with Crippen LogP contribution in [0, 0.1) is 5.92 Å². The second-order valence-corrected chi connectivity index (χ2v) is 6.07. The van der Waals surface area contributed by atoms with Gasteiger partial charge >= 0.3 is 0 Å². The number of nitrogens with one attached hydrogen (secondary N) is 2. The average Bonchev–Trinajstić information content (AvgIpc) is 3.47. The first-order chi connectivity index (χ1) is 12.3. The molecule has 0 amide bonds. The molecule has 1 aliphatic rings. The van der Waals surface area contributed by atoms with Crippen molar-refractivity contribution in [3.8, 4) is 5.88 Å². The zero-order chi connectivity index (χ0) is 17.7. The predicted octanol–water partition coefficient (Wildman–Crippen LogP) is 1.59. The Hall–Kier alpha value is -1.86. The number of rotatable bonds is 12. The first kappa shape index (κ1) is 19.5. The minimum Gasteiger partial charge on any atom is -0.477 e. The lowest BCUT2D eigenvalue weighted by Gasteiger charge is -2.12. The molecule has 1 aromatic rings. The highest BCUT2D eigenvalue weighted by Gasteiger charge is 2.21. The lowest BCUT2D eigenvalue weighted by Crippen LogP contribution is -2.37. The van der Waals surface area contributed by atoms with Gasteiger partial charge in [-0.1, -0.05) is 6.07 Å². The van der Waals surface area contributed by atoms with Crippen molar-refractivity contribution in [1.82, 2.24) is 15.6 Å². The van der Waals surface area contributed by atoms with Crippen LogP contribution in [0.25, 0.3) is 0 Å². The Morgan fingerprint density at radius 3 is 2.80 bits per heavy atom. The van der Waals surface area contributed by atoms with Crippen molar-refractivity contribution in [3.05, 3.63) is 23.9 Å². The lowest BCUT2D eigenvalue weighted by atomic mass is 10.3. The van der Waals surface area contributed by atoms with E-state index in [-0.39, 0.29) is 0 Å². The summed E-state index contributed by atoms with van der Waals surface area (Å²) in [6.07, 6.45) is 5.33. The molecule has 1 saturated carbocycles. The van der Waals surface area contributed by atoms with Crippen LogP contribution < -0.4 is 15.4 Å². The van der Waals surface area contributed by atoms with Crippen LogP contribution in [0.1, 0.15) is 24.8 Å². The fraction of sp³-hybridized carbons (Fsp3) is 0.667. The largest absolute Gasteiger partial charge is 0.477 e. The number of aromatic nitrogens is 1. The van der Waals surface area contributed by atoms with E-state index in [9.17, 15) is 0 Å². The van der Waals surface area contributed by atoms with Gasteiger partial charge in [-0.15, -0.1) is 0 Å². The lowest BCUT2D eigenvalue weighted by molar-refractivity contribution is 0.0698. The van der Waals surface area contributed by atoms with E-state index in [4.69, 9.17) is 14.2 Å². The van der Waals surface area contributed by atoms with E-state index in [1.807, 2.05) is 18.3 Å². The Bertz CT molecular complexity index is 504. The smallest absolute Gasteiger partial charge is 0.213 e. The highest BCUT2D eigenvalue weighted by molar-refractivity contribution is 5.79. The minimum absolute atomic E-state index is 0.634. The fourth-order valence-corrected chi connectivity index (χ4v) is 2.12. The SMILES string of the molecule is CN=C(NCCCOCCOC)NCc1ccc(OCC2CC2)nc1. The first-order valence-electron chi connectivity index (χ1n) is 8.90. The molecule has 0 aromatic carbocycles. The van der Waals surface area contributed by atoms with Crippen LogP contribution in [-0.4, -0.2) is 58.1 Å². The Morgan fingerprint density at radius 1 is 1.24 bits per heavy atom. The number of hydrogen-bond donors (Lipinski definition) is 2. The molecule has 1 fully saturated rings. The molecule has 2 N–H and O–H groups in total. The van der Waals surface area contributed by atoms with Crippen LogP contribution in [-0.2, 0) is 16.0 Å². The Balaban J connectivity index is 1.57. The maximum atomic E-state index is 5.64. The standard InChI is InChI=1S/C18H30N4O3/c1-19-18(20-8-3-9-24-11-10-23-2)22-13-16-6-7-17(21-12-16)25-14-15-4-5-15/h6-7,12,15H,3-5,8-11,13-14H2,1-2H3,(H2,19,20,22). The summed E-state index contributed by atoms with van der Waals surface area (Å²) in [4.78, 5) is 8.56. The van der Waals surface area contributed by atoms with Gasteiger partial charge in [0, 0.05) is 46.1 Å². The Morgan fingerprint density at radius 2 is 2.12 bits per heavy atom. The van der Waals surface area contributed by atoms with Crippen molar-refractivity contribution < 1.29 is 14.2 Å². The van der Waals surface area contributed by atoms with E-state index in [1.54, 1.807) is 14.2 Å². The molecule has 7 heteroatoms. The number of aliphatic imine (C=N–C) groups is 1. The van der Waals surface area contributed by atoms with E-state index >= 15 is 0 Å². The van der Waals surface area contributed by atoms with Crippen LogP contribution >= 0.6 is 0 Å². The number of nitrogens with zero attached hydrogens (tertiary/aromatic N) is 2. The maximum absolute atomic E-state index is 5.64. The van der Waals surface area contributed by atoms with Gasteiger partial charge < -0.3 is 24.8 Å². The Kier molecular flexibility index (Phi) is 9.07. The van der Waals surface area contributed by atoms with E-state index in [0.29, 0.717) is 32.2 Å². The third kappa shape index (κ3) is 8.69. The molecule has 0 unspecified atom stereocenters. The maximum Gasteiger partial charge on any atom is 0.213 e. The van der Waals surface area contributed by atoms with Gasteiger partial charge in [-0.25, -0.2) is 4.98 Å². The van der Waals surface area contributed by atoms with Crippen molar-refractivity contribution >= 4 is 5.96 Å². The van der Waals surface area contributed by atoms with Gasteiger partial charge in [0.05, 0.1) is 19.8 Å². The van der Waals surface area contributed by atoms with Crippen LogP contribution in [0.5, 0.6) is 5.88 Å². The third-order valence-electron chi connectivity index (χ3n) is 3.83. The first-order valence-corrected chi connectivity index (χ1v) is 8.90. The van der Waals surface area contributed by atoms with Gasteiger partial charge in [0.15, 0.2) is 5.96 Å². The number of guanidine groups is 1. The summed E-state index contributed by atoms with van der Waals surface area (Å²) in [5.74, 6) is 2.21. The molecule has 1 aliphatic carbocycles. The summed E-state index contributed by atoms with van der Waals surface area (Å²) in [5, 5.41) is 6.54. The normalized spacial score (nSPS) is 14.4. The van der Waals surface area contributed by atoms with E-state index < -0.39 is 0 Å². The third-order valence-corrected chi connectivity index (χ3v) is 3.83. The molecule has 0 spiro atoms. The van der Waals surface area contributed by atoms with Crippen LogP contribution in [0.3, 0.4) is 0 Å². The average molecular weight is 350 g/mol. The van der Waals surface area contributed by atoms with Gasteiger partial charge in [-0.3, -0.25) is 4.99 Å². The number of methoxy groups -OCH3 is 1. The molecule has 7 nitrogen and oxygen atoms in total. The zero-order valence-corrected chi connectivity index (χ0v) is 15.3. The number of hydrogen-bond acceptors (Lipinski definition) is 5. The highest BCUT2D eigenvalue weighted by atomic mass is 16.5. The number of ether oxygens (including phenoxy) is 3. The molecule has 140 valence electrons. The van der Waals surface area contributed by atoms with Gasteiger partial charge in [0.25, 0.3) is 0 Å². The highest BCUT2D eigenvalue weighted by Crippen LogP contribution is 2.29. The molecule has 0 saturated heterocycles. The predicted molar refractivity (Wildman–Crippen MR) is 98.0 cm³/mol. The molecule has 1 heterocycles. The van der Waals surface area contributed by atoms with Crippen molar-refractivity contribution in [3.63, 3.8) is 0 Å². The van der Waals surface area contributed by atoms with Gasteiger partial charge in [0.2, 0.25) is 5.88 Å². The molecule has 0 aliphatic heterocycles. The van der Waals surface area contributed by atoms with Gasteiger partial charge in [-0.05, 0) is 30.7 Å². The van der Waals surface area contributed by atoms with Crippen molar-refractivity contribution in [1.29, 1.82) is 0 Å². The summed E-state index contributed by atoms with van der Waals surface area (Å²) in [6, 6.07) is 3.95. The molecule has 2 rings (SSSR count). The van der Waals surface area contributed by atoms with E-state index in [2.05, 4.69) is 20.6 Å². The monoisotopic (exact) mass is 350 g/mol. The molecule has 25 heavy (non-hydrogen) atoms. The Labute approximate surface area is 150 Å². The summed E-state index contributed by atoms with van der Waals surface area (Å²) >= 11 is 0. The quantitative estimate of drug-likeness (QED) is 0.339. The minimum atomic E-state index is 0.634. The van der Waals surface area contributed by atoms with Gasteiger partial charge in [0.1, 0.15) is 0 Å². The van der Waals surface area contributed by atoms with E-state index in [0.717, 1.165) is 37.0 Å². The summed E-state index contributed by atoms with van der Waals surface area (Å²) in [6.45, 7) is 4.24. The van der Waals surface area contributed by atoms with Gasteiger partial charge in [-0.2, -0.15) is 0 Å².